The van der Waals surface area contributed by atoms with Gasteiger partial charge in [-0.1, -0.05) is 84.6 Å². The first kappa shape index (κ1) is 19.3. The highest BCUT2D eigenvalue weighted by Crippen LogP contribution is 2.26. The molecule has 3 aromatic carbocycles. The maximum Gasteiger partial charge on any atom is 0.262 e. The van der Waals surface area contributed by atoms with Crippen LogP contribution in [-0.4, -0.2) is 14.5 Å². The number of benzene rings is 3. The van der Waals surface area contributed by atoms with E-state index in [1.807, 2.05) is 84.9 Å². The van der Waals surface area contributed by atoms with Crippen molar-refractivity contribution in [2.45, 2.75) is 17.5 Å². The van der Waals surface area contributed by atoms with E-state index in [1.54, 1.807) is 10.8 Å². The number of nitrogens with zero attached hydrogens (tertiary/aromatic N) is 3. The van der Waals surface area contributed by atoms with Crippen molar-refractivity contribution < 1.29 is 4.42 Å². The molecule has 0 aliphatic heterocycles. The van der Waals surface area contributed by atoms with Gasteiger partial charge < -0.3 is 4.42 Å². The van der Waals surface area contributed by atoms with Crippen LogP contribution in [-0.2, 0) is 12.3 Å². The average molecular weight is 426 g/mol. The Bertz CT molecular complexity index is 1380. The zero-order valence-corrected chi connectivity index (χ0v) is 17.5. The Kier molecular flexibility index (Phi) is 5.37. The van der Waals surface area contributed by atoms with Gasteiger partial charge >= 0.3 is 0 Å². The fraction of sp³-hybridized carbons (Fsp3) is 0.0800. The van der Waals surface area contributed by atoms with E-state index in [4.69, 9.17) is 9.40 Å². The third kappa shape index (κ3) is 4.15. The van der Waals surface area contributed by atoms with Gasteiger partial charge in [0.1, 0.15) is 0 Å². The molecule has 0 amide bonds. The van der Waals surface area contributed by atoms with E-state index in [2.05, 4.69) is 4.98 Å². The van der Waals surface area contributed by atoms with Crippen molar-refractivity contribution in [3.8, 4) is 11.3 Å². The second-order valence-electron chi connectivity index (χ2n) is 7.06. The van der Waals surface area contributed by atoms with Crippen LogP contribution in [0.15, 0.2) is 105 Å². The van der Waals surface area contributed by atoms with Gasteiger partial charge in [-0.2, -0.15) is 0 Å². The summed E-state index contributed by atoms with van der Waals surface area (Å²) in [7, 11) is 0. The van der Waals surface area contributed by atoms with Gasteiger partial charge in [-0.25, -0.2) is 9.97 Å². The Hall–Kier alpha value is -3.64. The maximum absolute atomic E-state index is 13.2. The number of fused-ring (bicyclic) bond motifs is 1. The minimum atomic E-state index is -0.0469. The maximum atomic E-state index is 13.2. The van der Waals surface area contributed by atoms with Gasteiger partial charge in [0.15, 0.2) is 10.9 Å². The normalized spacial score (nSPS) is 11.1. The molecule has 0 unspecified atom stereocenters. The molecular formula is C25H19N3O2S. The first-order chi connectivity index (χ1) is 15.3. The first-order valence-corrected chi connectivity index (χ1v) is 10.9. The number of hydrogen-bond donors (Lipinski definition) is 0. The van der Waals surface area contributed by atoms with E-state index in [-0.39, 0.29) is 5.56 Å². The predicted molar refractivity (Wildman–Crippen MR) is 123 cm³/mol. The van der Waals surface area contributed by atoms with Gasteiger partial charge in [0.2, 0.25) is 5.89 Å². The number of aromatic nitrogens is 3. The van der Waals surface area contributed by atoms with Crippen molar-refractivity contribution in [2.24, 2.45) is 0 Å². The Morgan fingerprint density at radius 2 is 1.58 bits per heavy atom. The van der Waals surface area contributed by atoms with Crippen molar-refractivity contribution in [3.63, 3.8) is 0 Å². The first-order valence-electron chi connectivity index (χ1n) is 9.94. The van der Waals surface area contributed by atoms with E-state index in [9.17, 15) is 4.79 Å². The second-order valence-corrected chi connectivity index (χ2v) is 8.00. The summed E-state index contributed by atoms with van der Waals surface area (Å²) in [5.74, 6) is 1.80. The van der Waals surface area contributed by atoms with E-state index >= 15 is 0 Å². The molecule has 5 aromatic rings. The number of rotatable bonds is 6. The summed E-state index contributed by atoms with van der Waals surface area (Å²) in [5.41, 5.74) is 2.67. The van der Waals surface area contributed by atoms with Crippen LogP contribution in [0, 0.1) is 0 Å². The SMILES string of the molecule is O=c1c2ccccc2nc(SCc2ncc(-c3ccccc3)o2)n1Cc1ccccc1. The Morgan fingerprint density at radius 1 is 0.871 bits per heavy atom. The van der Waals surface area contributed by atoms with Crippen molar-refractivity contribution in [1.29, 1.82) is 0 Å². The monoisotopic (exact) mass is 425 g/mol. The summed E-state index contributed by atoms with van der Waals surface area (Å²) in [6, 6.07) is 27.2. The Morgan fingerprint density at radius 3 is 2.39 bits per heavy atom. The lowest BCUT2D eigenvalue weighted by Gasteiger charge is -2.12. The van der Waals surface area contributed by atoms with Gasteiger partial charge in [-0.15, -0.1) is 0 Å². The third-order valence-corrected chi connectivity index (χ3v) is 5.91. The van der Waals surface area contributed by atoms with Gasteiger partial charge in [0, 0.05) is 5.56 Å². The minimum Gasteiger partial charge on any atom is -0.440 e. The lowest BCUT2D eigenvalue weighted by molar-refractivity contribution is 0.529. The summed E-state index contributed by atoms with van der Waals surface area (Å²) in [5, 5.41) is 1.26. The predicted octanol–water partition coefficient (Wildman–Crippen LogP) is 5.39. The second kappa shape index (κ2) is 8.62. The van der Waals surface area contributed by atoms with Crippen molar-refractivity contribution in [1.82, 2.24) is 14.5 Å². The van der Waals surface area contributed by atoms with Crippen molar-refractivity contribution in [2.75, 3.05) is 0 Å². The van der Waals surface area contributed by atoms with E-state index in [0.29, 0.717) is 34.2 Å². The smallest absolute Gasteiger partial charge is 0.262 e. The van der Waals surface area contributed by atoms with E-state index in [0.717, 1.165) is 16.9 Å². The Labute approximate surface area is 183 Å². The third-order valence-electron chi connectivity index (χ3n) is 4.95. The molecule has 0 bridgehead atoms. The standard InChI is InChI=1S/C25H19N3O2S/c29-24-20-13-7-8-14-21(20)27-25(28(24)16-18-9-3-1-4-10-18)31-17-23-26-15-22(30-23)19-11-5-2-6-12-19/h1-15H,16-17H2. The quantitative estimate of drug-likeness (QED) is 0.270. The number of thioether (sulfide) groups is 1. The zero-order valence-electron chi connectivity index (χ0n) is 16.6. The average Bonchev–Trinajstić information content (AvgIpc) is 3.30. The van der Waals surface area contributed by atoms with Crippen LogP contribution >= 0.6 is 11.8 Å². The number of hydrogen-bond acceptors (Lipinski definition) is 5. The molecule has 5 nitrogen and oxygen atoms in total. The summed E-state index contributed by atoms with van der Waals surface area (Å²) in [6.45, 7) is 0.459. The molecule has 0 radical (unpaired) electrons. The molecule has 0 atom stereocenters. The highest BCUT2D eigenvalue weighted by atomic mass is 32.2. The molecule has 0 saturated heterocycles. The molecule has 31 heavy (non-hydrogen) atoms. The molecule has 152 valence electrons. The summed E-state index contributed by atoms with van der Waals surface area (Å²) in [4.78, 5) is 22.4. The lowest BCUT2D eigenvalue weighted by Crippen LogP contribution is -2.24. The fourth-order valence-electron chi connectivity index (χ4n) is 3.40. The van der Waals surface area contributed by atoms with Gasteiger partial charge in [0.05, 0.1) is 29.4 Å². The van der Waals surface area contributed by atoms with Crippen LogP contribution < -0.4 is 5.56 Å². The van der Waals surface area contributed by atoms with Gasteiger partial charge in [-0.05, 0) is 17.7 Å². The minimum absolute atomic E-state index is 0.0469. The molecule has 2 heterocycles. The summed E-state index contributed by atoms with van der Waals surface area (Å²) >= 11 is 1.45. The summed E-state index contributed by atoms with van der Waals surface area (Å²) < 4.78 is 7.65. The van der Waals surface area contributed by atoms with Crippen molar-refractivity contribution in [3.05, 3.63) is 113 Å². The van der Waals surface area contributed by atoms with Crippen LogP contribution in [0.3, 0.4) is 0 Å². The lowest BCUT2D eigenvalue weighted by atomic mass is 10.2. The molecule has 0 fully saturated rings. The molecular weight excluding hydrogens is 406 g/mol. The van der Waals surface area contributed by atoms with Crippen LogP contribution in [0.4, 0.5) is 0 Å². The summed E-state index contributed by atoms with van der Waals surface area (Å²) in [6.07, 6.45) is 1.73. The molecule has 0 saturated carbocycles. The highest BCUT2D eigenvalue weighted by Gasteiger charge is 2.14. The van der Waals surface area contributed by atoms with Crippen LogP contribution in [0.1, 0.15) is 11.5 Å². The molecule has 0 aliphatic carbocycles. The molecule has 0 aliphatic rings. The fourth-order valence-corrected chi connectivity index (χ4v) is 4.25. The highest BCUT2D eigenvalue weighted by molar-refractivity contribution is 7.98. The molecule has 0 spiro atoms. The van der Waals surface area contributed by atoms with Crippen molar-refractivity contribution >= 4 is 22.7 Å². The number of oxazole rings is 1. The van der Waals surface area contributed by atoms with Crippen LogP contribution in [0.25, 0.3) is 22.2 Å². The molecule has 6 heteroatoms. The molecule has 5 rings (SSSR count). The van der Waals surface area contributed by atoms with Crippen LogP contribution in [0.5, 0.6) is 0 Å². The van der Waals surface area contributed by atoms with E-state index in [1.165, 1.54) is 11.8 Å². The van der Waals surface area contributed by atoms with Gasteiger partial charge in [0.25, 0.3) is 5.56 Å². The van der Waals surface area contributed by atoms with Crippen LogP contribution in [0.2, 0.25) is 0 Å². The molecule has 0 N–H and O–H groups in total. The zero-order chi connectivity index (χ0) is 21.0. The Balaban J connectivity index is 1.47. The van der Waals surface area contributed by atoms with Gasteiger partial charge in [-0.3, -0.25) is 9.36 Å². The van der Waals surface area contributed by atoms with E-state index < -0.39 is 0 Å². The number of para-hydroxylation sites is 1. The molecule has 2 aromatic heterocycles. The topological polar surface area (TPSA) is 60.9 Å². The largest absolute Gasteiger partial charge is 0.440 e.